The van der Waals surface area contributed by atoms with Crippen molar-refractivity contribution in [3.05, 3.63) is 79.7 Å². The first-order valence-corrected chi connectivity index (χ1v) is 12.5. The zero-order valence-corrected chi connectivity index (χ0v) is 21.4. The van der Waals surface area contributed by atoms with Gasteiger partial charge in [-0.1, -0.05) is 56.6 Å². The molecule has 1 aromatic heterocycles. The Kier molecular flexibility index (Phi) is 6.24. The Morgan fingerprint density at radius 3 is 2.37 bits per heavy atom. The molecule has 1 fully saturated rings. The van der Waals surface area contributed by atoms with E-state index < -0.39 is 6.04 Å². The molecule has 0 spiro atoms. The van der Waals surface area contributed by atoms with Crippen LogP contribution in [0.1, 0.15) is 59.6 Å². The van der Waals surface area contributed by atoms with Gasteiger partial charge < -0.3 is 14.1 Å². The van der Waals surface area contributed by atoms with Crippen molar-refractivity contribution in [2.24, 2.45) is 0 Å². The molecule has 0 saturated carbocycles. The molecule has 6 nitrogen and oxygen atoms in total. The van der Waals surface area contributed by atoms with Crippen molar-refractivity contribution in [3.8, 4) is 0 Å². The Morgan fingerprint density at radius 1 is 1.03 bits per heavy atom. The Balaban J connectivity index is 1.61. The van der Waals surface area contributed by atoms with E-state index in [-0.39, 0.29) is 22.5 Å². The lowest BCUT2D eigenvalue weighted by Gasteiger charge is -2.31. The van der Waals surface area contributed by atoms with Gasteiger partial charge in [-0.2, -0.15) is 0 Å². The smallest absolute Gasteiger partial charge is 0.290 e. The summed E-state index contributed by atoms with van der Waals surface area (Å²) in [5.74, 6) is -0.110. The topological polar surface area (TPSA) is 63.0 Å². The molecule has 0 N–H and O–H groups in total. The zero-order chi connectivity index (χ0) is 24.9. The summed E-state index contributed by atoms with van der Waals surface area (Å²) >= 11 is 6.34. The van der Waals surface area contributed by atoms with Gasteiger partial charge in [-0.05, 0) is 41.2 Å². The second-order valence-electron chi connectivity index (χ2n) is 10.5. The lowest BCUT2D eigenvalue weighted by molar-refractivity contribution is 0.0314. The van der Waals surface area contributed by atoms with Gasteiger partial charge in [0.05, 0.1) is 30.2 Å². The molecule has 0 radical (unpaired) electrons. The van der Waals surface area contributed by atoms with Crippen LogP contribution in [0.5, 0.6) is 0 Å². The van der Waals surface area contributed by atoms with Gasteiger partial charge in [-0.3, -0.25) is 14.5 Å². The third-order valence-corrected chi connectivity index (χ3v) is 7.51. The first kappa shape index (κ1) is 24.0. The number of rotatable bonds is 4. The monoisotopic (exact) mass is 494 g/mol. The minimum atomic E-state index is -0.506. The van der Waals surface area contributed by atoms with Crippen molar-refractivity contribution in [3.63, 3.8) is 0 Å². The predicted octanol–water partition coefficient (Wildman–Crippen LogP) is 4.93. The number of fused-ring (bicyclic) bond motifs is 2. The number of halogens is 1. The molecule has 2 aliphatic heterocycles. The van der Waals surface area contributed by atoms with E-state index in [2.05, 4.69) is 37.8 Å². The van der Waals surface area contributed by atoms with Gasteiger partial charge in [0.15, 0.2) is 5.43 Å². The molecule has 1 saturated heterocycles. The van der Waals surface area contributed by atoms with Crippen LogP contribution in [0.3, 0.4) is 0 Å². The number of hydrogen-bond donors (Lipinski definition) is 0. The van der Waals surface area contributed by atoms with E-state index in [4.69, 9.17) is 20.8 Å². The molecule has 3 heterocycles. The first-order chi connectivity index (χ1) is 16.6. The van der Waals surface area contributed by atoms with E-state index in [0.29, 0.717) is 47.9 Å². The largest absolute Gasteiger partial charge is 0.450 e. The minimum Gasteiger partial charge on any atom is -0.450 e. The standard InChI is InChI=1S/C28H31ClN2O4/c1-17-15-22-20(16-21(17)29)25(32)23-24(18-5-7-19(8-6-18)28(2,3)4)31(27(33)26(23)35-22)10-9-30-11-13-34-14-12-30/h5-8,15-16,24H,9-14H2,1-4H3. The number of morpholine rings is 1. The molecule has 5 rings (SSSR count). The normalized spacial score (nSPS) is 18.9. The van der Waals surface area contributed by atoms with E-state index in [0.717, 1.165) is 24.2 Å². The van der Waals surface area contributed by atoms with Crippen LogP contribution in [0.2, 0.25) is 5.02 Å². The lowest BCUT2D eigenvalue weighted by atomic mass is 9.86. The van der Waals surface area contributed by atoms with Crippen molar-refractivity contribution >= 4 is 28.5 Å². The highest BCUT2D eigenvalue weighted by atomic mass is 35.5. The fourth-order valence-corrected chi connectivity index (χ4v) is 5.12. The summed E-state index contributed by atoms with van der Waals surface area (Å²) in [6, 6.07) is 11.1. The molecule has 3 aromatic rings. The molecule has 35 heavy (non-hydrogen) atoms. The van der Waals surface area contributed by atoms with Crippen molar-refractivity contribution in [1.29, 1.82) is 0 Å². The summed E-state index contributed by atoms with van der Waals surface area (Å²) in [6.07, 6.45) is 0. The maximum Gasteiger partial charge on any atom is 0.290 e. The van der Waals surface area contributed by atoms with Crippen molar-refractivity contribution in [2.75, 3.05) is 39.4 Å². The summed E-state index contributed by atoms with van der Waals surface area (Å²) in [5.41, 5.74) is 3.48. The summed E-state index contributed by atoms with van der Waals surface area (Å²) in [7, 11) is 0. The highest BCUT2D eigenvalue weighted by Crippen LogP contribution is 2.39. The molecule has 2 aliphatic rings. The molecule has 0 aliphatic carbocycles. The van der Waals surface area contributed by atoms with E-state index in [1.165, 1.54) is 5.56 Å². The number of nitrogens with zero attached hydrogens (tertiary/aromatic N) is 2. The Hall–Kier alpha value is -2.67. The summed E-state index contributed by atoms with van der Waals surface area (Å²) in [6.45, 7) is 12.6. The van der Waals surface area contributed by atoms with Crippen LogP contribution in [0.25, 0.3) is 11.0 Å². The van der Waals surface area contributed by atoms with Gasteiger partial charge in [0.25, 0.3) is 5.91 Å². The molecule has 2 aromatic carbocycles. The highest BCUT2D eigenvalue weighted by Gasteiger charge is 2.42. The fourth-order valence-electron chi connectivity index (χ4n) is 4.96. The van der Waals surface area contributed by atoms with Gasteiger partial charge in [0.1, 0.15) is 5.58 Å². The molecule has 184 valence electrons. The molecule has 0 bridgehead atoms. The quantitative estimate of drug-likeness (QED) is 0.514. The van der Waals surface area contributed by atoms with E-state index in [1.807, 2.05) is 19.1 Å². The third kappa shape index (κ3) is 4.39. The molecule has 1 amide bonds. The summed E-state index contributed by atoms with van der Waals surface area (Å²) < 4.78 is 11.6. The van der Waals surface area contributed by atoms with Crippen LogP contribution in [0, 0.1) is 6.92 Å². The van der Waals surface area contributed by atoms with E-state index >= 15 is 0 Å². The summed E-state index contributed by atoms with van der Waals surface area (Å²) in [4.78, 5) is 31.5. The molecule has 7 heteroatoms. The average Bonchev–Trinajstić information content (AvgIpc) is 3.11. The van der Waals surface area contributed by atoms with Gasteiger partial charge in [0, 0.05) is 31.2 Å². The first-order valence-electron chi connectivity index (χ1n) is 12.1. The number of carbonyl (C=O) groups is 1. The molecular weight excluding hydrogens is 464 g/mol. The Morgan fingerprint density at radius 2 is 1.71 bits per heavy atom. The van der Waals surface area contributed by atoms with Gasteiger partial charge >= 0.3 is 0 Å². The summed E-state index contributed by atoms with van der Waals surface area (Å²) in [5, 5.41) is 0.905. The van der Waals surface area contributed by atoms with E-state index in [9.17, 15) is 9.59 Å². The predicted molar refractivity (Wildman–Crippen MR) is 138 cm³/mol. The number of aryl methyl sites for hydroxylation is 1. The number of carbonyl (C=O) groups excluding carboxylic acids is 1. The average molecular weight is 495 g/mol. The second-order valence-corrected chi connectivity index (χ2v) is 10.9. The van der Waals surface area contributed by atoms with Crippen molar-refractivity contribution in [1.82, 2.24) is 9.80 Å². The van der Waals surface area contributed by atoms with E-state index in [1.54, 1.807) is 17.0 Å². The van der Waals surface area contributed by atoms with Gasteiger partial charge in [-0.25, -0.2) is 0 Å². The maximum absolute atomic E-state index is 13.8. The number of amides is 1. The maximum atomic E-state index is 13.8. The van der Waals surface area contributed by atoms with Crippen LogP contribution in [-0.4, -0.2) is 55.1 Å². The number of hydrogen-bond acceptors (Lipinski definition) is 5. The van der Waals surface area contributed by atoms with Crippen LogP contribution < -0.4 is 5.43 Å². The van der Waals surface area contributed by atoms with Crippen LogP contribution in [0.15, 0.2) is 45.6 Å². The van der Waals surface area contributed by atoms with Crippen molar-refractivity contribution in [2.45, 2.75) is 39.2 Å². The highest BCUT2D eigenvalue weighted by molar-refractivity contribution is 6.32. The third-order valence-electron chi connectivity index (χ3n) is 7.10. The zero-order valence-electron chi connectivity index (χ0n) is 20.7. The molecule has 1 unspecified atom stereocenters. The van der Waals surface area contributed by atoms with Gasteiger partial charge in [0.2, 0.25) is 5.76 Å². The SMILES string of the molecule is Cc1cc2oc3c(c(=O)c2cc1Cl)C(c1ccc(C(C)(C)C)cc1)N(CCN1CCOCC1)C3=O. The van der Waals surface area contributed by atoms with Gasteiger partial charge in [-0.15, -0.1) is 0 Å². The molecule has 1 atom stereocenters. The minimum absolute atomic E-state index is 0.00178. The van der Waals surface area contributed by atoms with Crippen LogP contribution in [0.4, 0.5) is 0 Å². The Bertz CT molecular complexity index is 1330. The molecular formula is C28H31ClN2O4. The fraction of sp³-hybridized carbons (Fsp3) is 0.429. The second kappa shape index (κ2) is 9.08. The Labute approximate surface area is 210 Å². The number of benzene rings is 2. The lowest BCUT2D eigenvalue weighted by Crippen LogP contribution is -2.42. The number of ether oxygens (including phenoxy) is 1. The van der Waals surface area contributed by atoms with Crippen LogP contribution in [-0.2, 0) is 10.2 Å². The van der Waals surface area contributed by atoms with Crippen molar-refractivity contribution < 1.29 is 13.9 Å². The van der Waals surface area contributed by atoms with Crippen LogP contribution >= 0.6 is 11.6 Å².